The van der Waals surface area contributed by atoms with Gasteiger partial charge in [-0.05, 0) is 108 Å². The molecule has 0 aromatic rings. The Morgan fingerprint density at radius 2 is 1.36 bits per heavy atom. The van der Waals surface area contributed by atoms with Crippen molar-refractivity contribution >= 4 is 17.9 Å². The zero-order valence-corrected chi connectivity index (χ0v) is 30.0. The highest BCUT2D eigenvalue weighted by molar-refractivity contribution is 5.79. The molecule has 0 aliphatic heterocycles. The Balaban J connectivity index is 1.08. The summed E-state index contributed by atoms with van der Waals surface area (Å²) in [6.45, 7) is 8.79. The van der Waals surface area contributed by atoms with Gasteiger partial charge in [-0.1, -0.05) is 69.9 Å². The van der Waals surface area contributed by atoms with Crippen LogP contribution in [0, 0.1) is 40.4 Å². The minimum atomic E-state index is -0.544. The molecule has 6 unspecified atom stereocenters. The Hall–Kier alpha value is -1.89. The van der Waals surface area contributed by atoms with E-state index < -0.39 is 5.41 Å². The third-order valence-electron chi connectivity index (χ3n) is 12.5. The predicted molar refractivity (Wildman–Crippen MR) is 184 cm³/mol. The van der Waals surface area contributed by atoms with Crippen molar-refractivity contribution in [3.05, 3.63) is 11.6 Å². The van der Waals surface area contributed by atoms with Crippen molar-refractivity contribution < 1.29 is 28.6 Å². The molecule has 0 spiro atoms. The van der Waals surface area contributed by atoms with Crippen molar-refractivity contribution in [2.45, 2.75) is 143 Å². The SMILES string of the molecule is CCCC1CCCC(CCC(=O)OCCN(CCOC(=O)C2(C)C=C3CCCC(C3)C2)CCOC(=O)C2(C)CC3CCCC(C3)C2)C1. The first-order valence-corrected chi connectivity index (χ1v) is 19.6. The van der Waals surface area contributed by atoms with Gasteiger partial charge in [0, 0.05) is 26.1 Å². The van der Waals surface area contributed by atoms with Gasteiger partial charge in [0.1, 0.15) is 19.8 Å². The average molecular weight is 656 g/mol. The van der Waals surface area contributed by atoms with E-state index in [0.29, 0.717) is 49.7 Å². The van der Waals surface area contributed by atoms with Gasteiger partial charge >= 0.3 is 17.9 Å². The normalized spacial score (nSPS) is 33.5. The molecule has 5 aliphatic rings. The smallest absolute Gasteiger partial charge is 0.315 e. The number of esters is 3. The highest BCUT2D eigenvalue weighted by atomic mass is 16.5. The summed E-state index contributed by atoms with van der Waals surface area (Å²) in [6, 6.07) is 0. The van der Waals surface area contributed by atoms with E-state index in [1.165, 1.54) is 82.6 Å². The van der Waals surface area contributed by atoms with Crippen LogP contribution in [0.2, 0.25) is 0 Å². The third kappa shape index (κ3) is 10.5. The molecule has 0 saturated heterocycles. The molecule has 5 rings (SSSR count). The second kappa shape index (κ2) is 17.2. The van der Waals surface area contributed by atoms with E-state index in [4.69, 9.17) is 14.2 Å². The first-order valence-electron chi connectivity index (χ1n) is 19.6. The monoisotopic (exact) mass is 655 g/mol. The fraction of sp³-hybridized carbons (Fsp3) is 0.875. The maximum atomic E-state index is 13.3. The molecule has 7 nitrogen and oxygen atoms in total. The van der Waals surface area contributed by atoms with Crippen LogP contribution >= 0.6 is 0 Å². The number of carbonyl (C=O) groups is 3. The van der Waals surface area contributed by atoms with Crippen LogP contribution in [-0.2, 0) is 28.6 Å². The Bertz CT molecular complexity index is 1070. The molecule has 4 bridgehead atoms. The van der Waals surface area contributed by atoms with Crippen molar-refractivity contribution in [3.63, 3.8) is 0 Å². The molecule has 6 atom stereocenters. The topological polar surface area (TPSA) is 82.1 Å². The third-order valence-corrected chi connectivity index (χ3v) is 12.5. The largest absolute Gasteiger partial charge is 0.464 e. The lowest BCUT2D eigenvalue weighted by Gasteiger charge is -2.43. The zero-order valence-electron chi connectivity index (χ0n) is 30.0. The quantitative estimate of drug-likeness (QED) is 0.0938. The van der Waals surface area contributed by atoms with Crippen LogP contribution in [0.3, 0.4) is 0 Å². The summed E-state index contributed by atoms with van der Waals surface area (Å²) in [5, 5.41) is 0. The second-order valence-corrected chi connectivity index (χ2v) is 16.8. The van der Waals surface area contributed by atoms with Crippen LogP contribution < -0.4 is 0 Å². The molecule has 4 saturated carbocycles. The number of allylic oxidation sites excluding steroid dienone is 1. The number of hydrogen-bond acceptors (Lipinski definition) is 7. The van der Waals surface area contributed by atoms with Crippen LogP contribution in [-0.4, -0.2) is 62.3 Å². The molecular weight excluding hydrogens is 590 g/mol. The second-order valence-electron chi connectivity index (χ2n) is 16.8. The maximum absolute atomic E-state index is 13.3. The Morgan fingerprint density at radius 3 is 2.04 bits per heavy atom. The van der Waals surface area contributed by atoms with Gasteiger partial charge in [0.2, 0.25) is 0 Å². The van der Waals surface area contributed by atoms with Gasteiger partial charge in [-0.15, -0.1) is 0 Å². The van der Waals surface area contributed by atoms with Crippen molar-refractivity contribution in [1.29, 1.82) is 0 Å². The van der Waals surface area contributed by atoms with Gasteiger partial charge in [0.25, 0.3) is 0 Å². The Labute approximate surface area is 285 Å². The lowest BCUT2D eigenvalue weighted by atomic mass is 9.61. The summed E-state index contributed by atoms with van der Waals surface area (Å²) in [4.78, 5) is 41.4. The van der Waals surface area contributed by atoms with Crippen LogP contribution in [0.15, 0.2) is 11.6 Å². The van der Waals surface area contributed by atoms with Gasteiger partial charge < -0.3 is 14.2 Å². The van der Waals surface area contributed by atoms with E-state index in [-0.39, 0.29) is 43.1 Å². The number of carbonyl (C=O) groups excluding carboxylic acids is 3. The number of hydrogen-bond donors (Lipinski definition) is 0. The highest BCUT2D eigenvalue weighted by Crippen LogP contribution is 2.49. The van der Waals surface area contributed by atoms with Gasteiger partial charge in [0.15, 0.2) is 0 Å². The fourth-order valence-electron chi connectivity index (χ4n) is 10.3. The maximum Gasteiger partial charge on any atom is 0.315 e. The van der Waals surface area contributed by atoms with E-state index in [1.807, 2.05) is 6.92 Å². The first kappa shape index (κ1) is 36.4. The van der Waals surface area contributed by atoms with E-state index in [0.717, 1.165) is 44.4 Å². The zero-order chi connectivity index (χ0) is 33.3. The minimum Gasteiger partial charge on any atom is -0.464 e. The van der Waals surface area contributed by atoms with Crippen molar-refractivity contribution in [2.24, 2.45) is 40.4 Å². The minimum absolute atomic E-state index is 0.0698. The molecule has 5 aliphatic carbocycles. The number of nitrogens with zero attached hydrogens (tertiary/aromatic N) is 1. The average Bonchev–Trinajstić information content (AvgIpc) is 3.03. The molecule has 266 valence electrons. The standard InChI is InChI=1S/C40H65NO6/c1-4-8-30-9-5-10-31(23-30)15-16-36(42)45-20-17-41(18-21-46-37(43)39(2)26-32-11-6-12-33(24-32)27-39)19-22-47-38(44)40(3)28-34-13-7-14-35(25-34)29-40/h26,30-31,33-35H,4-25,27-29H2,1-3H3. The van der Waals surface area contributed by atoms with Crippen molar-refractivity contribution in [1.82, 2.24) is 4.90 Å². The first-order chi connectivity index (χ1) is 22.6. The molecular formula is C40H65NO6. The van der Waals surface area contributed by atoms with Crippen molar-refractivity contribution in [3.8, 4) is 0 Å². The van der Waals surface area contributed by atoms with Crippen LogP contribution in [0.5, 0.6) is 0 Å². The van der Waals surface area contributed by atoms with Crippen molar-refractivity contribution in [2.75, 3.05) is 39.5 Å². The van der Waals surface area contributed by atoms with Gasteiger partial charge in [-0.2, -0.15) is 0 Å². The number of rotatable bonds is 16. The number of ether oxygens (including phenoxy) is 3. The lowest BCUT2D eigenvalue weighted by Crippen LogP contribution is -2.42. The van der Waals surface area contributed by atoms with E-state index in [9.17, 15) is 14.4 Å². The van der Waals surface area contributed by atoms with Gasteiger partial charge in [-0.25, -0.2) is 0 Å². The van der Waals surface area contributed by atoms with Crippen LogP contribution in [0.1, 0.15) is 143 Å². The molecule has 4 fully saturated rings. The molecule has 0 N–H and O–H groups in total. The van der Waals surface area contributed by atoms with E-state index >= 15 is 0 Å². The molecule has 7 heteroatoms. The molecule has 0 amide bonds. The summed E-state index contributed by atoms with van der Waals surface area (Å²) in [7, 11) is 0. The Kier molecular flexibility index (Phi) is 13.3. The van der Waals surface area contributed by atoms with Crippen LogP contribution in [0.25, 0.3) is 0 Å². The summed E-state index contributed by atoms with van der Waals surface area (Å²) < 4.78 is 17.5. The molecule has 0 radical (unpaired) electrons. The summed E-state index contributed by atoms with van der Waals surface area (Å²) in [5.74, 6) is 3.02. The van der Waals surface area contributed by atoms with E-state index in [1.54, 1.807) is 0 Å². The highest BCUT2D eigenvalue weighted by Gasteiger charge is 2.45. The van der Waals surface area contributed by atoms with Crippen LogP contribution in [0.4, 0.5) is 0 Å². The molecule has 0 aromatic heterocycles. The predicted octanol–water partition coefficient (Wildman–Crippen LogP) is 8.44. The lowest BCUT2D eigenvalue weighted by molar-refractivity contribution is -0.160. The molecule has 47 heavy (non-hydrogen) atoms. The molecule has 0 aromatic carbocycles. The van der Waals surface area contributed by atoms with Gasteiger partial charge in [-0.3, -0.25) is 19.3 Å². The molecule has 0 heterocycles. The number of fused-ring (bicyclic) bond motifs is 4. The summed E-state index contributed by atoms with van der Waals surface area (Å²) in [5.41, 5.74) is 0.481. The summed E-state index contributed by atoms with van der Waals surface area (Å²) >= 11 is 0. The fourth-order valence-corrected chi connectivity index (χ4v) is 10.3. The Morgan fingerprint density at radius 1 is 0.745 bits per heavy atom. The summed E-state index contributed by atoms with van der Waals surface area (Å²) in [6.07, 6.45) is 23.7. The van der Waals surface area contributed by atoms with Gasteiger partial charge in [0.05, 0.1) is 10.8 Å². The van der Waals surface area contributed by atoms with E-state index in [2.05, 4.69) is 24.8 Å².